The molecule has 0 aliphatic carbocycles. The number of esters is 1. The highest BCUT2D eigenvalue weighted by Gasteiger charge is 2.10. The lowest BCUT2D eigenvalue weighted by Crippen LogP contribution is -2.03. The minimum absolute atomic E-state index is 0.167. The maximum Gasteiger partial charge on any atom is 0.360 e. The Morgan fingerprint density at radius 3 is 2.94 bits per heavy atom. The van der Waals surface area contributed by atoms with E-state index in [9.17, 15) is 4.79 Å². The fourth-order valence-electron chi connectivity index (χ4n) is 1.40. The topological polar surface area (TPSA) is 79.1 Å². The predicted octanol–water partition coefficient (Wildman–Crippen LogP) is 0.517. The van der Waals surface area contributed by atoms with Crippen LogP contribution in [0.1, 0.15) is 16.2 Å². The van der Waals surface area contributed by atoms with Crippen LogP contribution in [0.3, 0.4) is 0 Å². The number of carbonyl (C=O) groups excluding carboxylic acids is 1. The summed E-state index contributed by atoms with van der Waals surface area (Å²) in [5, 5.41) is 7.53. The fraction of sp³-hybridized carbons (Fsp3) is 0.273. The van der Waals surface area contributed by atoms with Crippen molar-refractivity contribution in [2.45, 2.75) is 6.54 Å². The van der Waals surface area contributed by atoms with Crippen LogP contribution in [0.2, 0.25) is 0 Å². The van der Waals surface area contributed by atoms with Crippen LogP contribution < -0.4 is 4.74 Å². The number of nitrogens with zero attached hydrogens (tertiary/aromatic N) is 4. The predicted molar refractivity (Wildman–Crippen MR) is 61.3 cm³/mol. The summed E-state index contributed by atoms with van der Waals surface area (Å²) in [6.45, 7) is 0.404. The molecule has 94 valence electrons. The molecule has 0 saturated heterocycles. The fourth-order valence-corrected chi connectivity index (χ4v) is 1.40. The van der Waals surface area contributed by atoms with Gasteiger partial charge in [-0.3, -0.25) is 0 Å². The van der Waals surface area contributed by atoms with Gasteiger partial charge in [0.2, 0.25) is 5.88 Å². The van der Waals surface area contributed by atoms with Crippen molar-refractivity contribution >= 4 is 5.97 Å². The average Bonchev–Trinajstić information content (AvgIpc) is 2.86. The van der Waals surface area contributed by atoms with Crippen molar-refractivity contribution < 1.29 is 14.3 Å². The molecule has 0 bridgehead atoms. The Morgan fingerprint density at radius 2 is 2.22 bits per heavy atom. The van der Waals surface area contributed by atoms with E-state index in [0.717, 1.165) is 5.69 Å². The number of carbonyl (C=O) groups is 1. The molecule has 0 amide bonds. The third kappa shape index (κ3) is 2.62. The monoisotopic (exact) mass is 248 g/mol. The Labute approximate surface area is 103 Å². The van der Waals surface area contributed by atoms with Crippen LogP contribution in [0.25, 0.3) is 0 Å². The SMILES string of the molecule is COC(=O)c1cn(Cc2cccc(OC)n2)nn1. The highest BCUT2D eigenvalue weighted by atomic mass is 16.5. The van der Waals surface area contributed by atoms with Gasteiger partial charge in [-0.05, 0) is 6.07 Å². The molecule has 0 saturated carbocycles. The number of hydrogen-bond acceptors (Lipinski definition) is 6. The van der Waals surface area contributed by atoms with Gasteiger partial charge in [0.1, 0.15) is 0 Å². The first-order chi connectivity index (χ1) is 8.72. The smallest absolute Gasteiger partial charge is 0.360 e. The summed E-state index contributed by atoms with van der Waals surface area (Å²) in [6.07, 6.45) is 1.51. The van der Waals surface area contributed by atoms with Crippen LogP contribution >= 0.6 is 0 Å². The van der Waals surface area contributed by atoms with E-state index in [1.54, 1.807) is 13.2 Å². The molecule has 7 nitrogen and oxygen atoms in total. The number of ether oxygens (including phenoxy) is 2. The van der Waals surface area contributed by atoms with E-state index >= 15 is 0 Å². The Hall–Kier alpha value is -2.44. The summed E-state index contributed by atoms with van der Waals surface area (Å²) < 4.78 is 11.1. The molecule has 0 aromatic carbocycles. The van der Waals surface area contributed by atoms with Crippen molar-refractivity contribution in [2.24, 2.45) is 0 Å². The van der Waals surface area contributed by atoms with Crippen LogP contribution in [0.4, 0.5) is 0 Å². The maximum absolute atomic E-state index is 11.2. The molecule has 0 spiro atoms. The molecule has 2 rings (SSSR count). The standard InChI is InChI=1S/C11H12N4O3/c1-17-10-5-3-4-8(12-10)6-15-7-9(13-14-15)11(16)18-2/h3-5,7H,6H2,1-2H3. The van der Waals surface area contributed by atoms with Crippen LogP contribution in [-0.4, -0.2) is 40.2 Å². The van der Waals surface area contributed by atoms with Gasteiger partial charge in [0, 0.05) is 6.07 Å². The molecular formula is C11H12N4O3. The molecule has 0 atom stereocenters. The first-order valence-electron chi connectivity index (χ1n) is 5.21. The molecule has 7 heteroatoms. The van der Waals surface area contributed by atoms with Crippen molar-refractivity contribution in [3.63, 3.8) is 0 Å². The highest BCUT2D eigenvalue weighted by molar-refractivity contribution is 5.86. The number of aromatic nitrogens is 4. The minimum atomic E-state index is -0.514. The second-order valence-electron chi connectivity index (χ2n) is 3.46. The number of rotatable bonds is 4. The molecule has 0 N–H and O–H groups in total. The van der Waals surface area contributed by atoms with Gasteiger partial charge in [0.15, 0.2) is 5.69 Å². The zero-order chi connectivity index (χ0) is 13.0. The largest absolute Gasteiger partial charge is 0.481 e. The number of hydrogen-bond donors (Lipinski definition) is 0. The van der Waals surface area contributed by atoms with Crippen molar-refractivity contribution in [1.29, 1.82) is 0 Å². The summed E-state index contributed by atoms with van der Waals surface area (Å²) in [6, 6.07) is 5.42. The summed E-state index contributed by atoms with van der Waals surface area (Å²) >= 11 is 0. The van der Waals surface area contributed by atoms with E-state index < -0.39 is 5.97 Å². The zero-order valence-electron chi connectivity index (χ0n) is 10.0. The Bertz CT molecular complexity index is 553. The molecule has 2 aromatic heterocycles. The van der Waals surface area contributed by atoms with Crippen LogP contribution in [0.5, 0.6) is 5.88 Å². The Kier molecular flexibility index (Phi) is 3.52. The minimum Gasteiger partial charge on any atom is -0.481 e. The number of pyridine rings is 1. The van der Waals surface area contributed by atoms with Gasteiger partial charge >= 0.3 is 5.97 Å². The van der Waals surface area contributed by atoms with Gasteiger partial charge in [-0.25, -0.2) is 14.5 Å². The normalized spacial score (nSPS) is 10.1. The second-order valence-corrected chi connectivity index (χ2v) is 3.46. The molecule has 2 heterocycles. The Balaban J connectivity index is 2.13. The average molecular weight is 248 g/mol. The van der Waals surface area contributed by atoms with Crippen molar-refractivity contribution in [2.75, 3.05) is 14.2 Å². The van der Waals surface area contributed by atoms with Crippen molar-refractivity contribution in [3.05, 3.63) is 35.8 Å². The van der Waals surface area contributed by atoms with E-state index in [1.807, 2.05) is 12.1 Å². The van der Waals surface area contributed by atoms with Crippen LogP contribution in [0, 0.1) is 0 Å². The molecule has 0 aliphatic rings. The van der Waals surface area contributed by atoms with E-state index in [1.165, 1.54) is 18.0 Å². The first-order valence-corrected chi connectivity index (χ1v) is 5.21. The highest BCUT2D eigenvalue weighted by Crippen LogP contribution is 2.07. The van der Waals surface area contributed by atoms with Crippen molar-refractivity contribution in [1.82, 2.24) is 20.0 Å². The lowest BCUT2D eigenvalue weighted by Gasteiger charge is -2.02. The van der Waals surface area contributed by atoms with E-state index in [-0.39, 0.29) is 5.69 Å². The van der Waals surface area contributed by atoms with Gasteiger partial charge in [-0.15, -0.1) is 5.10 Å². The second kappa shape index (κ2) is 5.26. The van der Waals surface area contributed by atoms with E-state index in [0.29, 0.717) is 12.4 Å². The quantitative estimate of drug-likeness (QED) is 0.734. The van der Waals surface area contributed by atoms with E-state index in [4.69, 9.17) is 4.74 Å². The third-order valence-corrected chi connectivity index (χ3v) is 2.25. The molecule has 0 aliphatic heterocycles. The lowest BCUT2D eigenvalue weighted by atomic mass is 10.3. The van der Waals surface area contributed by atoms with Gasteiger partial charge in [-0.2, -0.15) is 0 Å². The summed E-state index contributed by atoms with van der Waals surface area (Å²) in [5.74, 6) is 0.0145. The van der Waals surface area contributed by atoms with E-state index in [2.05, 4.69) is 20.0 Å². The summed E-state index contributed by atoms with van der Waals surface area (Å²) in [4.78, 5) is 15.4. The summed E-state index contributed by atoms with van der Waals surface area (Å²) in [5.41, 5.74) is 0.927. The van der Waals surface area contributed by atoms with Crippen molar-refractivity contribution in [3.8, 4) is 5.88 Å². The molecular weight excluding hydrogens is 236 g/mol. The lowest BCUT2D eigenvalue weighted by molar-refractivity contribution is 0.0594. The maximum atomic E-state index is 11.2. The summed E-state index contributed by atoms with van der Waals surface area (Å²) in [7, 11) is 2.85. The number of methoxy groups -OCH3 is 2. The molecule has 0 radical (unpaired) electrons. The third-order valence-electron chi connectivity index (χ3n) is 2.25. The first kappa shape index (κ1) is 12.0. The molecule has 2 aromatic rings. The molecule has 18 heavy (non-hydrogen) atoms. The zero-order valence-corrected chi connectivity index (χ0v) is 10.0. The molecule has 0 fully saturated rings. The van der Waals surface area contributed by atoms with Gasteiger partial charge in [0.25, 0.3) is 0 Å². The Morgan fingerprint density at radius 1 is 1.39 bits per heavy atom. The van der Waals surface area contributed by atoms with Gasteiger partial charge in [-0.1, -0.05) is 11.3 Å². The van der Waals surface area contributed by atoms with Gasteiger partial charge in [0.05, 0.1) is 32.7 Å². The van der Waals surface area contributed by atoms with Crippen LogP contribution in [0.15, 0.2) is 24.4 Å². The van der Waals surface area contributed by atoms with Gasteiger partial charge < -0.3 is 9.47 Å². The van der Waals surface area contributed by atoms with Crippen LogP contribution in [-0.2, 0) is 11.3 Å². The molecule has 0 unspecified atom stereocenters.